The van der Waals surface area contributed by atoms with E-state index in [9.17, 15) is 0 Å². The van der Waals surface area contributed by atoms with Gasteiger partial charge < -0.3 is 5.32 Å². The van der Waals surface area contributed by atoms with Gasteiger partial charge >= 0.3 is 0 Å². The van der Waals surface area contributed by atoms with E-state index >= 15 is 0 Å². The first-order valence-corrected chi connectivity index (χ1v) is 5.31. The molecule has 74 valence electrons. The van der Waals surface area contributed by atoms with Crippen molar-refractivity contribution in [2.45, 2.75) is 64.8 Å². The van der Waals surface area contributed by atoms with Crippen LogP contribution in [0.4, 0.5) is 0 Å². The van der Waals surface area contributed by atoms with E-state index in [1.54, 1.807) is 0 Å². The summed E-state index contributed by atoms with van der Waals surface area (Å²) in [4.78, 5) is 0. The van der Waals surface area contributed by atoms with Crippen LogP contribution in [-0.2, 0) is 0 Å². The van der Waals surface area contributed by atoms with Gasteiger partial charge in [0.15, 0.2) is 0 Å². The average Bonchev–Trinajstić information content (AvgIpc) is 1.84. The molecule has 12 heavy (non-hydrogen) atoms. The lowest BCUT2D eigenvalue weighted by molar-refractivity contribution is 0.389. The van der Waals surface area contributed by atoms with E-state index in [-0.39, 0.29) is 0 Å². The van der Waals surface area contributed by atoms with Crippen molar-refractivity contribution < 1.29 is 0 Å². The van der Waals surface area contributed by atoms with Gasteiger partial charge in [-0.05, 0) is 27.3 Å². The topological polar surface area (TPSA) is 12.0 Å². The van der Waals surface area contributed by atoms with Crippen LogP contribution in [-0.4, -0.2) is 12.6 Å². The fraction of sp³-hybridized carbons (Fsp3) is 1.00. The molecule has 1 aliphatic rings. The van der Waals surface area contributed by atoms with Gasteiger partial charge in [-0.15, -0.1) is 0 Å². The minimum absolute atomic E-state index is 0.342. The fourth-order valence-electron chi connectivity index (χ4n) is 1.000. The Morgan fingerprint density at radius 1 is 1.08 bits per heavy atom. The molecule has 1 heteroatoms. The summed E-state index contributed by atoms with van der Waals surface area (Å²) >= 11 is 0. The monoisotopic (exact) mass is 171 g/mol. The normalized spacial score (nSPS) is 16.0. The van der Waals surface area contributed by atoms with E-state index in [1.165, 1.54) is 38.5 Å². The highest BCUT2D eigenvalue weighted by atomic mass is 14.9. The van der Waals surface area contributed by atoms with Crippen LogP contribution < -0.4 is 5.32 Å². The van der Waals surface area contributed by atoms with Gasteiger partial charge in [-0.1, -0.05) is 39.0 Å². The molecule has 0 saturated heterocycles. The zero-order valence-corrected chi connectivity index (χ0v) is 9.24. The molecule has 0 aromatic carbocycles. The maximum Gasteiger partial charge on any atom is 0.0122 e. The summed E-state index contributed by atoms with van der Waals surface area (Å²) in [7, 11) is 2.01. The Kier molecular flexibility index (Phi) is 6.45. The van der Waals surface area contributed by atoms with Crippen LogP contribution in [0.15, 0.2) is 0 Å². The van der Waals surface area contributed by atoms with E-state index in [2.05, 4.69) is 26.1 Å². The molecule has 0 aliphatic heterocycles. The molecule has 0 aromatic heterocycles. The van der Waals surface area contributed by atoms with Crippen molar-refractivity contribution in [2.24, 2.45) is 0 Å². The predicted octanol–water partition coefficient (Wildman–Crippen LogP) is 3.34. The molecule has 0 radical (unpaired) electrons. The third-order valence-corrected chi connectivity index (χ3v) is 2.55. The molecule has 1 fully saturated rings. The second-order valence-corrected chi connectivity index (χ2v) is 4.30. The van der Waals surface area contributed by atoms with E-state index in [1.807, 2.05) is 7.05 Å². The summed E-state index contributed by atoms with van der Waals surface area (Å²) in [6.45, 7) is 6.64. The molecular weight excluding hydrogens is 146 g/mol. The Morgan fingerprint density at radius 2 is 1.50 bits per heavy atom. The fourth-order valence-corrected chi connectivity index (χ4v) is 1.000. The molecule has 1 saturated carbocycles. The van der Waals surface area contributed by atoms with Crippen LogP contribution in [0.2, 0.25) is 0 Å². The van der Waals surface area contributed by atoms with Crippen LogP contribution in [0.1, 0.15) is 59.3 Å². The van der Waals surface area contributed by atoms with Crippen molar-refractivity contribution in [1.82, 2.24) is 5.32 Å². The molecule has 0 atom stereocenters. The molecule has 1 aliphatic carbocycles. The number of rotatable bonds is 3. The first kappa shape index (κ1) is 12.0. The van der Waals surface area contributed by atoms with Crippen molar-refractivity contribution in [1.29, 1.82) is 0 Å². The Bertz CT molecular complexity index is 89.2. The summed E-state index contributed by atoms with van der Waals surface area (Å²) in [5.41, 5.74) is 0.342. The van der Waals surface area contributed by atoms with Gasteiger partial charge in [0.25, 0.3) is 0 Å². The molecule has 0 spiro atoms. The lowest BCUT2D eigenvalue weighted by Crippen LogP contribution is -2.35. The lowest BCUT2D eigenvalue weighted by atomic mass is 10.00. The second-order valence-electron chi connectivity index (χ2n) is 4.30. The smallest absolute Gasteiger partial charge is 0.0122 e. The van der Waals surface area contributed by atoms with Crippen molar-refractivity contribution in [3.8, 4) is 0 Å². The van der Waals surface area contributed by atoms with E-state index < -0.39 is 0 Å². The van der Waals surface area contributed by atoms with Crippen molar-refractivity contribution >= 4 is 0 Å². The average molecular weight is 171 g/mol. The van der Waals surface area contributed by atoms with E-state index in [4.69, 9.17) is 0 Å². The van der Waals surface area contributed by atoms with Crippen LogP contribution in [0.3, 0.4) is 0 Å². The summed E-state index contributed by atoms with van der Waals surface area (Å²) in [5.74, 6) is 0. The van der Waals surface area contributed by atoms with Crippen molar-refractivity contribution in [2.75, 3.05) is 7.05 Å². The SMILES string of the molecule is C1CCC1.CCCC(C)(C)NC. The Labute approximate surface area is 77.9 Å². The molecule has 0 heterocycles. The summed E-state index contributed by atoms with van der Waals surface area (Å²) in [5, 5.41) is 3.24. The molecule has 1 N–H and O–H groups in total. The van der Waals surface area contributed by atoms with Gasteiger partial charge in [0.05, 0.1) is 0 Å². The van der Waals surface area contributed by atoms with Gasteiger partial charge in [0.1, 0.15) is 0 Å². The molecule has 0 amide bonds. The molecule has 0 bridgehead atoms. The lowest BCUT2D eigenvalue weighted by Gasteiger charge is -2.22. The summed E-state index contributed by atoms with van der Waals surface area (Å²) < 4.78 is 0. The molecule has 1 rings (SSSR count). The first-order chi connectivity index (χ1) is 5.62. The summed E-state index contributed by atoms with van der Waals surface area (Å²) in [6, 6.07) is 0. The second kappa shape index (κ2) is 6.47. The zero-order valence-electron chi connectivity index (χ0n) is 9.24. The van der Waals surface area contributed by atoms with Crippen LogP contribution in [0.5, 0.6) is 0 Å². The largest absolute Gasteiger partial charge is 0.315 e. The number of nitrogens with one attached hydrogen (secondary N) is 1. The minimum Gasteiger partial charge on any atom is -0.315 e. The Morgan fingerprint density at radius 3 is 1.58 bits per heavy atom. The minimum atomic E-state index is 0.342. The molecule has 0 aromatic rings. The van der Waals surface area contributed by atoms with Gasteiger partial charge in [0, 0.05) is 5.54 Å². The Hall–Kier alpha value is -0.0400. The van der Waals surface area contributed by atoms with E-state index in [0.29, 0.717) is 5.54 Å². The maximum absolute atomic E-state index is 3.24. The highest BCUT2D eigenvalue weighted by molar-refractivity contribution is 4.73. The highest BCUT2D eigenvalue weighted by Gasteiger charge is 2.11. The summed E-state index contributed by atoms with van der Waals surface area (Å²) in [6.07, 6.45) is 8.51. The third-order valence-electron chi connectivity index (χ3n) is 2.55. The molecular formula is C11H25N. The third kappa shape index (κ3) is 6.66. The van der Waals surface area contributed by atoms with Crippen LogP contribution in [0.25, 0.3) is 0 Å². The van der Waals surface area contributed by atoms with Crippen molar-refractivity contribution in [3.05, 3.63) is 0 Å². The maximum atomic E-state index is 3.24. The van der Waals surface area contributed by atoms with Gasteiger partial charge in [-0.2, -0.15) is 0 Å². The van der Waals surface area contributed by atoms with Crippen LogP contribution in [0, 0.1) is 0 Å². The predicted molar refractivity (Wildman–Crippen MR) is 56.5 cm³/mol. The number of hydrogen-bond acceptors (Lipinski definition) is 1. The highest BCUT2D eigenvalue weighted by Crippen LogP contribution is 2.15. The number of hydrogen-bond donors (Lipinski definition) is 1. The van der Waals surface area contributed by atoms with Crippen LogP contribution >= 0.6 is 0 Å². The Balaban J connectivity index is 0.000000247. The quantitative estimate of drug-likeness (QED) is 0.686. The molecule has 0 unspecified atom stereocenters. The standard InChI is InChI=1S/C7H17N.C4H8/c1-5-6-7(2,3)8-4;1-2-4-3-1/h8H,5-6H2,1-4H3;1-4H2. The molecule has 1 nitrogen and oxygen atoms in total. The zero-order chi connectivity index (χ0) is 9.45. The van der Waals surface area contributed by atoms with Gasteiger partial charge in [-0.3, -0.25) is 0 Å². The van der Waals surface area contributed by atoms with Gasteiger partial charge in [0.2, 0.25) is 0 Å². The van der Waals surface area contributed by atoms with E-state index in [0.717, 1.165) is 0 Å². The van der Waals surface area contributed by atoms with Gasteiger partial charge in [-0.25, -0.2) is 0 Å². The van der Waals surface area contributed by atoms with Crippen molar-refractivity contribution in [3.63, 3.8) is 0 Å². The first-order valence-electron chi connectivity index (χ1n) is 5.31.